The van der Waals surface area contributed by atoms with Gasteiger partial charge >= 0.3 is 0 Å². The number of nitro benzene ring substituents is 1. The lowest BCUT2D eigenvalue weighted by atomic mass is 10.1. The van der Waals surface area contributed by atoms with Gasteiger partial charge in [0.25, 0.3) is 11.6 Å². The van der Waals surface area contributed by atoms with E-state index in [9.17, 15) is 14.9 Å². The minimum Gasteiger partial charge on any atom is -0.305 e. The van der Waals surface area contributed by atoms with Crippen LogP contribution in [0.1, 0.15) is 15.2 Å². The number of amides is 1. The number of non-ortho nitro benzene ring substituents is 1. The van der Waals surface area contributed by atoms with E-state index >= 15 is 0 Å². The number of aliphatic imine (C=N–C) groups is 1. The highest BCUT2D eigenvalue weighted by Gasteiger charge is 2.23. The summed E-state index contributed by atoms with van der Waals surface area (Å²) in [6.45, 7) is 0.928. The van der Waals surface area contributed by atoms with E-state index in [0.29, 0.717) is 29.2 Å². The molecular formula is C14H11N3O3S. The Bertz CT molecular complexity index is 725. The molecule has 2 heterocycles. The van der Waals surface area contributed by atoms with E-state index < -0.39 is 4.92 Å². The highest BCUT2D eigenvalue weighted by molar-refractivity contribution is 7.12. The molecule has 1 aromatic heterocycles. The molecule has 0 spiro atoms. The third-order valence-electron chi connectivity index (χ3n) is 3.17. The molecule has 106 valence electrons. The average molecular weight is 301 g/mol. The van der Waals surface area contributed by atoms with Gasteiger partial charge in [0.15, 0.2) is 0 Å². The number of nitro groups is 1. The summed E-state index contributed by atoms with van der Waals surface area (Å²) < 4.78 is 0. The minimum atomic E-state index is -0.454. The van der Waals surface area contributed by atoms with Gasteiger partial charge in [0, 0.05) is 30.5 Å². The monoisotopic (exact) mass is 301 g/mol. The van der Waals surface area contributed by atoms with Crippen molar-refractivity contribution in [2.24, 2.45) is 4.99 Å². The molecule has 1 amide bonds. The van der Waals surface area contributed by atoms with E-state index in [0.717, 1.165) is 0 Å². The molecule has 0 N–H and O–H groups in total. The van der Waals surface area contributed by atoms with Crippen LogP contribution >= 0.6 is 11.3 Å². The first-order valence-corrected chi connectivity index (χ1v) is 7.18. The lowest BCUT2D eigenvalue weighted by molar-refractivity contribution is -0.384. The van der Waals surface area contributed by atoms with Crippen LogP contribution in [0.2, 0.25) is 0 Å². The predicted molar refractivity (Wildman–Crippen MR) is 81.6 cm³/mol. The Morgan fingerprint density at radius 1 is 1.38 bits per heavy atom. The van der Waals surface area contributed by atoms with Gasteiger partial charge < -0.3 is 4.90 Å². The van der Waals surface area contributed by atoms with Crippen LogP contribution < -0.4 is 4.90 Å². The van der Waals surface area contributed by atoms with Crippen LogP contribution in [-0.4, -0.2) is 30.1 Å². The van der Waals surface area contributed by atoms with E-state index in [4.69, 9.17) is 0 Å². The van der Waals surface area contributed by atoms with Gasteiger partial charge in [-0.2, -0.15) is 0 Å². The summed E-state index contributed by atoms with van der Waals surface area (Å²) in [5.74, 6) is -0.106. The summed E-state index contributed by atoms with van der Waals surface area (Å²) >= 11 is 1.37. The van der Waals surface area contributed by atoms with Crippen molar-refractivity contribution in [2.75, 3.05) is 18.0 Å². The molecule has 1 aromatic carbocycles. The normalized spacial score (nSPS) is 13.6. The Morgan fingerprint density at radius 2 is 2.24 bits per heavy atom. The molecule has 6 nitrogen and oxygen atoms in total. The van der Waals surface area contributed by atoms with E-state index in [-0.39, 0.29) is 11.6 Å². The maximum Gasteiger partial charge on any atom is 0.270 e. The number of hydrogen-bond donors (Lipinski definition) is 0. The lowest BCUT2D eigenvalue weighted by Gasteiger charge is -2.21. The standard InChI is InChI=1S/C14H11N3O3S/c18-14(13-2-1-7-21-13)16-6-5-15-9-10-8-11(17(19)20)3-4-12(10)16/h1-4,7-9H,5-6H2. The van der Waals surface area contributed by atoms with Crippen LogP contribution in [-0.2, 0) is 0 Å². The lowest BCUT2D eigenvalue weighted by Crippen LogP contribution is -2.32. The van der Waals surface area contributed by atoms with Crippen LogP contribution in [0.25, 0.3) is 0 Å². The molecule has 1 aliphatic heterocycles. The number of hydrogen-bond acceptors (Lipinski definition) is 5. The second kappa shape index (κ2) is 5.45. The molecule has 2 aromatic rings. The van der Waals surface area contributed by atoms with Crippen molar-refractivity contribution < 1.29 is 9.72 Å². The molecule has 0 radical (unpaired) electrons. The van der Waals surface area contributed by atoms with Crippen molar-refractivity contribution in [3.05, 3.63) is 56.3 Å². The Kier molecular flexibility index (Phi) is 3.49. The topological polar surface area (TPSA) is 75.8 Å². The SMILES string of the molecule is O=C(c1cccs1)N1CCN=Cc2cc([N+](=O)[O-])ccc21. The molecule has 21 heavy (non-hydrogen) atoms. The first kappa shape index (κ1) is 13.4. The predicted octanol–water partition coefficient (Wildman–Crippen LogP) is 2.74. The number of thiophene rings is 1. The second-order valence-electron chi connectivity index (χ2n) is 4.47. The average Bonchev–Trinajstić information content (AvgIpc) is 2.93. The molecule has 0 aliphatic carbocycles. The fourth-order valence-electron chi connectivity index (χ4n) is 2.19. The number of nitrogens with zero attached hydrogens (tertiary/aromatic N) is 3. The van der Waals surface area contributed by atoms with Gasteiger partial charge in [-0.1, -0.05) is 6.07 Å². The van der Waals surface area contributed by atoms with Crippen molar-refractivity contribution >= 4 is 34.8 Å². The summed E-state index contributed by atoms with van der Waals surface area (Å²) in [4.78, 5) is 29.4. The summed E-state index contributed by atoms with van der Waals surface area (Å²) in [5, 5.41) is 12.7. The first-order valence-electron chi connectivity index (χ1n) is 6.30. The Morgan fingerprint density at radius 3 is 2.95 bits per heavy atom. The van der Waals surface area contributed by atoms with Crippen molar-refractivity contribution in [3.8, 4) is 0 Å². The van der Waals surface area contributed by atoms with Gasteiger partial charge in [0.05, 0.1) is 22.0 Å². The van der Waals surface area contributed by atoms with Gasteiger partial charge in [-0.25, -0.2) is 0 Å². The van der Waals surface area contributed by atoms with E-state index in [1.165, 1.54) is 23.5 Å². The molecular weight excluding hydrogens is 290 g/mol. The number of anilines is 1. The summed E-state index contributed by atoms with van der Waals surface area (Å²) in [5.41, 5.74) is 1.23. The first-order chi connectivity index (χ1) is 10.2. The third kappa shape index (κ3) is 2.55. The number of benzodiazepines with no additional fused rings is 1. The minimum absolute atomic E-state index is 0.00868. The molecule has 0 bridgehead atoms. The summed E-state index contributed by atoms with van der Waals surface area (Å²) in [6, 6.07) is 8.05. The van der Waals surface area contributed by atoms with Crippen LogP contribution in [0.3, 0.4) is 0 Å². The van der Waals surface area contributed by atoms with Crippen LogP contribution in [0.15, 0.2) is 40.7 Å². The third-order valence-corrected chi connectivity index (χ3v) is 4.03. The Labute approximate surface area is 124 Å². The Hall–Kier alpha value is -2.54. The fourth-order valence-corrected chi connectivity index (χ4v) is 2.86. The zero-order chi connectivity index (χ0) is 14.8. The molecule has 0 fully saturated rings. The van der Waals surface area contributed by atoms with Crippen LogP contribution in [0.4, 0.5) is 11.4 Å². The van der Waals surface area contributed by atoms with Gasteiger partial charge in [0.1, 0.15) is 0 Å². The smallest absolute Gasteiger partial charge is 0.270 e. The second-order valence-corrected chi connectivity index (χ2v) is 5.42. The van der Waals surface area contributed by atoms with E-state index in [1.54, 1.807) is 23.2 Å². The zero-order valence-electron chi connectivity index (χ0n) is 10.9. The number of rotatable bonds is 2. The number of carbonyl (C=O) groups excluding carboxylic acids is 1. The van der Waals surface area contributed by atoms with Crippen LogP contribution in [0.5, 0.6) is 0 Å². The molecule has 7 heteroatoms. The van der Waals surface area contributed by atoms with E-state index in [1.807, 2.05) is 11.4 Å². The van der Waals surface area contributed by atoms with Gasteiger partial charge in [-0.05, 0) is 17.5 Å². The zero-order valence-corrected chi connectivity index (χ0v) is 11.7. The van der Waals surface area contributed by atoms with E-state index in [2.05, 4.69) is 4.99 Å². The molecule has 0 atom stereocenters. The maximum atomic E-state index is 12.5. The molecule has 1 aliphatic rings. The maximum absolute atomic E-state index is 12.5. The molecule has 0 saturated carbocycles. The quantitative estimate of drug-likeness (QED) is 0.632. The Balaban J connectivity index is 2.03. The van der Waals surface area contributed by atoms with Crippen molar-refractivity contribution in [1.29, 1.82) is 0 Å². The fraction of sp³-hybridized carbons (Fsp3) is 0.143. The number of carbonyl (C=O) groups is 1. The van der Waals surface area contributed by atoms with Crippen molar-refractivity contribution in [1.82, 2.24) is 0 Å². The van der Waals surface area contributed by atoms with Crippen molar-refractivity contribution in [2.45, 2.75) is 0 Å². The summed E-state index contributed by atoms with van der Waals surface area (Å²) in [7, 11) is 0. The highest BCUT2D eigenvalue weighted by Crippen LogP contribution is 2.27. The largest absolute Gasteiger partial charge is 0.305 e. The molecule has 0 saturated heterocycles. The highest BCUT2D eigenvalue weighted by atomic mass is 32.1. The molecule has 0 unspecified atom stereocenters. The number of benzene rings is 1. The summed E-state index contributed by atoms with van der Waals surface area (Å²) in [6.07, 6.45) is 1.59. The molecule has 3 rings (SSSR count). The van der Waals surface area contributed by atoms with Crippen molar-refractivity contribution in [3.63, 3.8) is 0 Å². The van der Waals surface area contributed by atoms with Gasteiger partial charge in [-0.15, -0.1) is 11.3 Å². The van der Waals surface area contributed by atoms with Crippen LogP contribution in [0, 0.1) is 10.1 Å². The van der Waals surface area contributed by atoms with Gasteiger partial charge in [0.2, 0.25) is 0 Å². The van der Waals surface area contributed by atoms with Gasteiger partial charge in [-0.3, -0.25) is 19.9 Å². The number of fused-ring (bicyclic) bond motifs is 1.